The molecule has 0 saturated carbocycles. The van der Waals surface area contributed by atoms with Crippen molar-refractivity contribution in [2.45, 2.75) is 25.2 Å². The van der Waals surface area contributed by atoms with Crippen LogP contribution in [0.25, 0.3) is 10.6 Å². The maximum Gasteiger partial charge on any atom is 0.228 e. The summed E-state index contributed by atoms with van der Waals surface area (Å²) in [7, 11) is 1.66. The van der Waals surface area contributed by atoms with Crippen molar-refractivity contribution in [2.75, 3.05) is 7.05 Å². The third-order valence-corrected chi connectivity index (χ3v) is 5.64. The fraction of sp³-hybridized carbons (Fsp3) is 0.312. The van der Waals surface area contributed by atoms with Crippen LogP contribution in [0, 0.1) is 5.41 Å². The van der Waals surface area contributed by atoms with Gasteiger partial charge in [-0.1, -0.05) is 30.7 Å². The zero-order valence-electron chi connectivity index (χ0n) is 12.4. The Morgan fingerprint density at radius 2 is 2.18 bits per heavy atom. The van der Waals surface area contributed by atoms with Crippen LogP contribution in [0.15, 0.2) is 30.5 Å². The van der Waals surface area contributed by atoms with E-state index in [1.54, 1.807) is 18.4 Å². The highest BCUT2D eigenvalue weighted by Gasteiger charge is 2.39. The number of amidine groups is 1. The third-order valence-electron chi connectivity index (χ3n) is 4.05. The van der Waals surface area contributed by atoms with Gasteiger partial charge in [0.05, 0.1) is 0 Å². The predicted octanol–water partition coefficient (Wildman–Crippen LogP) is 3.95. The molecule has 1 saturated heterocycles. The monoisotopic (exact) mass is 333 g/mol. The second kappa shape index (κ2) is 5.48. The van der Waals surface area contributed by atoms with Gasteiger partial charge in [0.15, 0.2) is 0 Å². The number of nitrogens with one attached hydrogen (secondary N) is 1. The molecule has 0 bridgehead atoms. The largest absolute Gasteiger partial charge is 0.304 e. The molecule has 1 aliphatic rings. The van der Waals surface area contributed by atoms with Crippen LogP contribution in [0.4, 0.5) is 0 Å². The number of hydrogen-bond donors (Lipinski definition) is 1. The van der Waals surface area contributed by atoms with Crippen molar-refractivity contribution in [3.05, 3.63) is 40.4 Å². The summed E-state index contributed by atoms with van der Waals surface area (Å²) in [6, 6.07) is 7.58. The van der Waals surface area contributed by atoms with E-state index in [1.165, 1.54) is 4.90 Å². The fourth-order valence-corrected chi connectivity index (χ4v) is 3.88. The molecule has 2 aromatic rings. The standard InChI is InChI=1S/C16H16ClN3OS/c1-16(7-13(18)20(2)14(21)8-16)12-9-19-15(22-12)10-4-3-5-11(17)6-10/h3-6,9,18H,7-8H2,1-2H3/t16-/m0/s1. The first-order valence-corrected chi connectivity index (χ1v) is 8.15. The number of carbonyl (C=O) groups is 1. The van der Waals surface area contributed by atoms with Crippen molar-refractivity contribution in [1.82, 2.24) is 9.88 Å². The number of carbonyl (C=O) groups excluding carboxylic acids is 1. The molecule has 0 unspecified atom stereocenters. The van der Waals surface area contributed by atoms with Crippen LogP contribution < -0.4 is 0 Å². The molecular weight excluding hydrogens is 318 g/mol. The van der Waals surface area contributed by atoms with Crippen molar-refractivity contribution >= 4 is 34.7 Å². The molecule has 0 aliphatic carbocycles. The highest BCUT2D eigenvalue weighted by Crippen LogP contribution is 2.40. The summed E-state index contributed by atoms with van der Waals surface area (Å²) in [6.45, 7) is 2.03. The lowest BCUT2D eigenvalue weighted by Crippen LogP contribution is -2.46. The van der Waals surface area contributed by atoms with Gasteiger partial charge in [0.25, 0.3) is 0 Å². The number of benzene rings is 1. The summed E-state index contributed by atoms with van der Waals surface area (Å²) >= 11 is 7.60. The first kappa shape index (κ1) is 15.2. The fourth-order valence-electron chi connectivity index (χ4n) is 2.64. The van der Waals surface area contributed by atoms with Gasteiger partial charge >= 0.3 is 0 Å². The van der Waals surface area contributed by atoms with Gasteiger partial charge in [-0.3, -0.25) is 10.2 Å². The number of rotatable bonds is 2. The lowest BCUT2D eigenvalue weighted by atomic mass is 9.78. The normalized spacial score (nSPS) is 22.2. The first-order valence-electron chi connectivity index (χ1n) is 6.95. The Hall–Kier alpha value is -1.72. The van der Waals surface area contributed by atoms with E-state index < -0.39 is 0 Å². The number of nitrogens with zero attached hydrogens (tertiary/aromatic N) is 2. The summed E-state index contributed by atoms with van der Waals surface area (Å²) in [5, 5.41) is 9.56. The van der Waals surface area contributed by atoms with Crippen LogP contribution in [0.2, 0.25) is 5.02 Å². The van der Waals surface area contributed by atoms with Gasteiger partial charge in [-0.05, 0) is 12.1 Å². The van der Waals surface area contributed by atoms with Gasteiger partial charge in [-0.15, -0.1) is 11.3 Å². The molecule has 1 aromatic carbocycles. The Bertz CT molecular complexity index is 737. The van der Waals surface area contributed by atoms with Crippen LogP contribution in [0.1, 0.15) is 24.6 Å². The number of thiazole rings is 1. The van der Waals surface area contributed by atoms with Crippen LogP contribution in [0.3, 0.4) is 0 Å². The molecule has 3 rings (SSSR count). The van der Waals surface area contributed by atoms with E-state index >= 15 is 0 Å². The van der Waals surface area contributed by atoms with E-state index in [-0.39, 0.29) is 11.3 Å². The molecule has 1 atom stereocenters. The Balaban J connectivity index is 1.93. The van der Waals surface area contributed by atoms with E-state index in [4.69, 9.17) is 17.0 Å². The second-order valence-corrected chi connectivity index (χ2v) is 7.32. The summed E-state index contributed by atoms with van der Waals surface area (Å²) in [6.07, 6.45) is 2.78. The van der Waals surface area contributed by atoms with Crippen LogP contribution in [-0.2, 0) is 10.2 Å². The van der Waals surface area contributed by atoms with Crippen molar-refractivity contribution in [3.8, 4) is 10.6 Å². The van der Waals surface area contributed by atoms with Gasteiger partial charge in [-0.2, -0.15) is 0 Å². The highest BCUT2D eigenvalue weighted by molar-refractivity contribution is 7.15. The molecule has 1 aliphatic heterocycles. The molecular formula is C16H16ClN3OS. The van der Waals surface area contributed by atoms with Gasteiger partial charge < -0.3 is 4.90 Å². The summed E-state index contributed by atoms with van der Waals surface area (Å²) in [4.78, 5) is 19.0. The van der Waals surface area contributed by atoms with Crippen molar-refractivity contribution < 1.29 is 4.79 Å². The van der Waals surface area contributed by atoms with Gasteiger partial charge in [0.1, 0.15) is 10.8 Å². The number of amides is 1. The first-order chi connectivity index (χ1) is 10.4. The molecule has 0 spiro atoms. The van der Waals surface area contributed by atoms with Crippen molar-refractivity contribution in [1.29, 1.82) is 5.41 Å². The zero-order chi connectivity index (χ0) is 15.9. The summed E-state index contributed by atoms with van der Waals surface area (Å²) in [5.41, 5.74) is 0.622. The minimum absolute atomic E-state index is 0.0172. The maximum atomic E-state index is 12.1. The van der Waals surface area contributed by atoms with Gasteiger partial charge in [0, 0.05) is 47.0 Å². The summed E-state index contributed by atoms with van der Waals surface area (Å²) < 4.78 is 0. The minimum Gasteiger partial charge on any atom is -0.304 e. The second-order valence-electron chi connectivity index (χ2n) is 5.85. The van der Waals surface area contributed by atoms with Crippen molar-refractivity contribution in [2.24, 2.45) is 0 Å². The number of piperidine rings is 1. The Kier molecular flexibility index (Phi) is 3.78. The molecule has 114 valence electrons. The van der Waals surface area contributed by atoms with E-state index in [9.17, 15) is 4.79 Å². The zero-order valence-corrected chi connectivity index (χ0v) is 14.0. The smallest absolute Gasteiger partial charge is 0.228 e. The average molecular weight is 334 g/mol. The Morgan fingerprint density at radius 1 is 1.41 bits per heavy atom. The van der Waals surface area contributed by atoms with E-state index in [0.29, 0.717) is 23.7 Å². The molecule has 0 radical (unpaired) electrons. The number of hydrogen-bond acceptors (Lipinski definition) is 4. The summed E-state index contributed by atoms with van der Waals surface area (Å²) in [5.74, 6) is 0.341. The number of halogens is 1. The minimum atomic E-state index is -0.352. The maximum absolute atomic E-state index is 12.1. The lowest BCUT2D eigenvalue weighted by molar-refractivity contribution is -0.128. The van der Waals surface area contributed by atoms with E-state index in [2.05, 4.69) is 4.98 Å². The van der Waals surface area contributed by atoms with E-state index in [0.717, 1.165) is 15.4 Å². The van der Waals surface area contributed by atoms with E-state index in [1.807, 2.05) is 37.4 Å². The average Bonchev–Trinajstić information content (AvgIpc) is 2.95. The quantitative estimate of drug-likeness (QED) is 0.904. The number of aromatic nitrogens is 1. The van der Waals surface area contributed by atoms with Crippen LogP contribution >= 0.6 is 22.9 Å². The molecule has 22 heavy (non-hydrogen) atoms. The van der Waals surface area contributed by atoms with Gasteiger partial charge in [0.2, 0.25) is 5.91 Å². The van der Waals surface area contributed by atoms with Crippen LogP contribution in [-0.4, -0.2) is 28.7 Å². The van der Waals surface area contributed by atoms with Crippen molar-refractivity contribution in [3.63, 3.8) is 0 Å². The lowest BCUT2D eigenvalue weighted by Gasteiger charge is -2.36. The third kappa shape index (κ3) is 2.66. The van der Waals surface area contributed by atoms with Gasteiger partial charge in [-0.25, -0.2) is 4.98 Å². The van der Waals surface area contributed by atoms with Crippen LogP contribution in [0.5, 0.6) is 0 Å². The molecule has 1 aromatic heterocycles. The number of likely N-dealkylation sites (tertiary alicyclic amines) is 1. The SMILES string of the molecule is CN1C(=N)C[C@](C)(c2cnc(-c3cccc(Cl)c3)s2)CC1=O. The predicted molar refractivity (Wildman–Crippen MR) is 89.6 cm³/mol. The highest BCUT2D eigenvalue weighted by atomic mass is 35.5. The molecule has 2 heterocycles. The topological polar surface area (TPSA) is 57.1 Å². The Labute approximate surface area is 138 Å². The Morgan fingerprint density at radius 3 is 2.86 bits per heavy atom. The molecule has 1 fully saturated rings. The molecule has 1 amide bonds. The molecule has 4 nitrogen and oxygen atoms in total. The molecule has 1 N–H and O–H groups in total. The molecule has 6 heteroatoms.